The van der Waals surface area contributed by atoms with Crippen LogP contribution in [0.1, 0.15) is 59.3 Å². The van der Waals surface area contributed by atoms with E-state index < -0.39 is 48.2 Å². The fourth-order valence-corrected chi connectivity index (χ4v) is 8.10. The molecular formula is C43H42N8O8S. The molecule has 60 heavy (non-hydrogen) atoms. The minimum Gasteiger partial charge on any atom is -0.453 e. The van der Waals surface area contributed by atoms with Crippen molar-refractivity contribution in [1.82, 2.24) is 29.8 Å². The Kier molecular flexibility index (Phi) is 12.7. The molecule has 308 valence electrons. The number of fused-ring (bicyclic) bond motifs is 1. The smallest absolute Gasteiger partial charge is 0.407 e. The lowest BCUT2D eigenvalue weighted by Gasteiger charge is -2.28. The average Bonchev–Trinajstić information content (AvgIpc) is 4.10. The second-order valence-corrected chi connectivity index (χ2v) is 15.1. The van der Waals surface area contributed by atoms with Crippen molar-refractivity contribution < 1.29 is 38.2 Å². The Balaban J connectivity index is 0.949. The van der Waals surface area contributed by atoms with E-state index in [0.29, 0.717) is 71.9 Å². The molecule has 16 nitrogen and oxygen atoms in total. The van der Waals surface area contributed by atoms with E-state index in [9.17, 15) is 28.8 Å². The third kappa shape index (κ3) is 9.40. The van der Waals surface area contributed by atoms with Gasteiger partial charge in [0.15, 0.2) is 10.8 Å². The molecule has 6 amide bonds. The van der Waals surface area contributed by atoms with Gasteiger partial charge in [0.1, 0.15) is 24.2 Å². The van der Waals surface area contributed by atoms with E-state index in [2.05, 4.69) is 38.1 Å². The number of nitrogens with zero attached hydrogens (tertiary/aromatic N) is 4. The van der Waals surface area contributed by atoms with Crippen molar-refractivity contribution in [2.75, 3.05) is 37.9 Å². The standard InChI is InChI=1S/C43H42N8O8S/c1-58-42(56)47-35(28-11-5-3-6-12-28)39(54)50-23-9-15-32(50)37(52)44-30-20-17-27(18-21-30)19-22-31-25-49-26-34(46-41(49)60-31)45-38(53)33-16-10-24-51(33)40(55)36(48-43(57)59-2)29-13-7-4-8-14-29/h3-8,11-14,17-18,20-21,25-26,32-33,35-36H,9-10,15-16,23-24H2,1-2H3,(H,44,52)(H,45,53)(H,47,56)(H,48,57)/t32-,33-,35+,36+/m0/s1. The van der Waals surface area contributed by atoms with Gasteiger partial charge in [0.05, 0.1) is 25.3 Å². The van der Waals surface area contributed by atoms with Gasteiger partial charge in [-0.3, -0.25) is 23.6 Å². The van der Waals surface area contributed by atoms with Gasteiger partial charge in [-0.05, 0) is 67.0 Å². The molecule has 3 aromatic carbocycles. The molecule has 5 aromatic rings. The van der Waals surface area contributed by atoms with Crippen molar-refractivity contribution >= 4 is 63.6 Å². The van der Waals surface area contributed by atoms with Gasteiger partial charge in [-0.25, -0.2) is 14.6 Å². The molecule has 7 rings (SSSR count). The van der Waals surface area contributed by atoms with Gasteiger partial charge < -0.3 is 40.5 Å². The zero-order chi connectivity index (χ0) is 42.2. The number of carbonyl (C=O) groups is 6. The highest BCUT2D eigenvalue weighted by Gasteiger charge is 2.40. The predicted octanol–water partition coefficient (Wildman–Crippen LogP) is 4.85. The summed E-state index contributed by atoms with van der Waals surface area (Å²) in [6, 6.07) is 21.2. The molecule has 0 radical (unpaired) electrons. The minimum atomic E-state index is -1.02. The first kappa shape index (κ1) is 41.0. The first-order valence-corrected chi connectivity index (χ1v) is 20.1. The molecule has 2 saturated heterocycles. The molecule has 2 aliphatic heterocycles. The molecule has 0 saturated carbocycles. The van der Waals surface area contributed by atoms with Crippen molar-refractivity contribution in [3.05, 3.63) is 119 Å². The monoisotopic (exact) mass is 830 g/mol. The zero-order valence-corrected chi connectivity index (χ0v) is 33.6. The maximum Gasteiger partial charge on any atom is 0.407 e. The fourth-order valence-electron chi connectivity index (χ4n) is 7.28. The third-order valence-corrected chi connectivity index (χ3v) is 11.1. The number of hydrogen-bond donors (Lipinski definition) is 4. The van der Waals surface area contributed by atoms with Crippen LogP contribution >= 0.6 is 11.3 Å². The molecular weight excluding hydrogens is 789 g/mol. The summed E-state index contributed by atoms with van der Waals surface area (Å²) in [6.45, 7) is 0.731. The summed E-state index contributed by atoms with van der Waals surface area (Å²) in [4.78, 5) is 87.3. The minimum absolute atomic E-state index is 0.328. The number of aromatic nitrogens is 2. The first-order chi connectivity index (χ1) is 29.1. The Labute approximate surface area is 349 Å². The second-order valence-electron chi connectivity index (χ2n) is 14.1. The SMILES string of the molecule is COC(=O)N[C@@H](C(=O)N1CCC[C@H]1C(=O)Nc1ccc(C#Cc2cn3cc(NC(=O)[C@@H]4CCCN4C(=O)[C@H](NC(=O)OC)c4ccccc4)nc3s2)cc1)c1ccccc1. The van der Waals surface area contributed by atoms with E-state index in [1.807, 2.05) is 6.07 Å². The second kappa shape index (κ2) is 18.6. The highest BCUT2D eigenvalue weighted by molar-refractivity contribution is 7.17. The Bertz CT molecular complexity index is 2410. The summed E-state index contributed by atoms with van der Waals surface area (Å²) in [5.41, 5.74) is 2.40. The summed E-state index contributed by atoms with van der Waals surface area (Å²) < 4.78 is 11.3. The first-order valence-electron chi connectivity index (χ1n) is 19.2. The quantitative estimate of drug-likeness (QED) is 0.143. The normalized spacial score (nSPS) is 16.8. The maximum atomic E-state index is 13.7. The molecule has 0 unspecified atom stereocenters. The van der Waals surface area contributed by atoms with Crippen LogP contribution in [0.15, 0.2) is 97.3 Å². The Hall–Kier alpha value is -7.19. The number of methoxy groups -OCH3 is 2. The van der Waals surface area contributed by atoms with Gasteiger partial charge in [0.25, 0.3) is 11.8 Å². The van der Waals surface area contributed by atoms with Crippen molar-refractivity contribution in [1.29, 1.82) is 0 Å². The van der Waals surface area contributed by atoms with Crippen LogP contribution in [0, 0.1) is 11.8 Å². The van der Waals surface area contributed by atoms with Crippen molar-refractivity contribution in [2.45, 2.75) is 49.9 Å². The summed E-state index contributed by atoms with van der Waals surface area (Å²) in [5, 5.41) is 10.9. The number of benzene rings is 3. The molecule has 0 bridgehead atoms. The molecule has 2 aliphatic rings. The number of alkyl carbamates (subject to hydrolysis) is 2. The number of anilines is 2. The van der Waals surface area contributed by atoms with E-state index in [0.717, 1.165) is 4.88 Å². The van der Waals surface area contributed by atoms with E-state index in [-0.39, 0.29) is 11.8 Å². The molecule has 2 fully saturated rings. The Morgan fingerprint density at radius 3 is 1.70 bits per heavy atom. The van der Waals surface area contributed by atoms with Gasteiger partial charge >= 0.3 is 12.2 Å². The maximum absolute atomic E-state index is 13.7. The Morgan fingerprint density at radius 1 is 0.683 bits per heavy atom. The van der Waals surface area contributed by atoms with Crippen LogP contribution in [0.3, 0.4) is 0 Å². The number of ether oxygens (including phenoxy) is 2. The van der Waals surface area contributed by atoms with Crippen LogP contribution in [-0.4, -0.2) is 94.4 Å². The van der Waals surface area contributed by atoms with Crippen LogP contribution in [0.4, 0.5) is 21.1 Å². The lowest BCUT2D eigenvalue weighted by atomic mass is 10.0. The summed E-state index contributed by atoms with van der Waals surface area (Å²) in [6.07, 6.45) is 4.17. The number of carbonyl (C=O) groups excluding carboxylic acids is 6. The highest BCUT2D eigenvalue weighted by atomic mass is 32.1. The fraction of sp³-hybridized carbons (Fsp3) is 0.279. The number of hydrogen-bond acceptors (Lipinski definition) is 10. The van der Waals surface area contributed by atoms with Gasteiger partial charge in [0.2, 0.25) is 11.8 Å². The molecule has 4 atom stereocenters. The largest absolute Gasteiger partial charge is 0.453 e. The van der Waals surface area contributed by atoms with Gasteiger partial charge in [-0.15, -0.1) is 0 Å². The Morgan fingerprint density at radius 2 is 1.20 bits per heavy atom. The predicted molar refractivity (Wildman–Crippen MR) is 222 cm³/mol. The van der Waals surface area contributed by atoms with Crippen LogP contribution in [0.2, 0.25) is 0 Å². The van der Waals surface area contributed by atoms with Crippen molar-refractivity contribution in [3.8, 4) is 11.8 Å². The molecule has 4 N–H and O–H groups in total. The molecule has 17 heteroatoms. The topological polar surface area (TPSA) is 193 Å². The number of likely N-dealkylation sites (tertiary alicyclic amines) is 2. The number of amides is 6. The molecule has 0 aliphatic carbocycles. The van der Waals surface area contributed by atoms with Crippen molar-refractivity contribution in [2.24, 2.45) is 0 Å². The molecule has 4 heterocycles. The van der Waals surface area contributed by atoms with Gasteiger partial charge in [-0.1, -0.05) is 77.9 Å². The lowest BCUT2D eigenvalue weighted by Crippen LogP contribution is -2.48. The summed E-state index contributed by atoms with van der Waals surface area (Å²) in [5.74, 6) is 5.06. The molecule has 0 spiro atoms. The van der Waals surface area contributed by atoms with E-state index in [1.165, 1.54) is 35.4 Å². The number of nitrogens with one attached hydrogen (secondary N) is 4. The highest BCUT2D eigenvalue weighted by Crippen LogP contribution is 2.27. The van der Waals surface area contributed by atoms with Crippen LogP contribution in [0.25, 0.3) is 4.96 Å². The van der Waals surface area contributed by atoms with Gasteiger partial charge in [-0.2, -0.15) is 0 Å². The number of thiazole rings is 1. The van der Waals surface area contributed by atoms with Crippen LogP contribution in [-0.2, 0) is 28.7 Å². The van der Waals surface area contributed by atoms with E-state index >= 15 is 0 Å². The summed E-state index contributed by atoms with van der Waals surface area (Å²) in [7, 11) is 2.45. The zero-order valence-electron chi connectivity index (χ0n) is 32.8. The number of rotatable bonds is 10. The van der Waals surface area contributed by atoms with E-state index in [4.69, 9.17) is 9.47 Å². The average molecular weight is 831 g/mol. The van der Waals surface area contributed by atoms with Crippen LogP contribution in [0.5, 0.6) is 0 Å². The lowest BCUT2D eigenvalue weighted by molar-refractivity contribution is -0.138. The third-order valence-electron chi connectivity index (χ3n) is 10.2. The van der Waals surface area contributed by atoms with Crippen LogP contribution < -0.4 is 21.3 Å². The van der Waals surface area contributed by atoms with Gasteiger partial charge in [0, 0.05) is 30.5 Å². The van der Waals surface area contributed by atoms with Crippen molar-refractivity contribution in [3.63, 3.8) is 0 Å². The summed E-state index contributed by atoms with van der Waals surface area (Å²) >= 11 is 1.34. The molecule has 2 aromatic heterocycles. The van der Waals surface area contributed by atoms with E-state index in [1.54, 1.807) is 95.7 Å². The number of imidazole rings is 1.